The van der Waals surface area contributed by atoms with Gasteiger partial charge in [0.25, 0.3) is 0 Å². The van der Waals surface area contributed by atoms with Crippen LogP contribution >= 0.6 is 0 Å². The molecule has 120 valence electrons. The first kappa shape index (κ1) is 21.2. The summed E-state index contributed by atoms with van der Waals surface area (Å²) in [6.07, 6.45) is 0.462. The molecule has 0 heterocycles. The van der Waals surface area contributed by atoms with E-state index in [9.17, 15) is 14.7 Å². The van der Waals surface area contributed by atoms with Crippen LogP contribution < -0.4 is 0 Å². The van der Waals surface area contributed by atoms with Crippen LogP contribution in [0.15, 0.2) is 0 Å². The molecule has 2 unspecified atom stereocenters. The Morgan fingerprint density at radius 3 is 1.80 bits per heavy atom. The molecule has 0 aliphatic heterocycles. The third-order valence-corrected chi connectivity index (χ3v) is 3.23. The van der Waals surface area contributed by atoms with Gasteiger partial charge in [0.2, 0.25) is 0 Å². The summed E-state index contributed by atoms with van der Waals surface area (Å²) in [5.74, 6) is -1.15. The number of aliphatic hydroxyl groups excluding tert-OH is 1. The number of carbonyl (C=O) groups is 2. The fraction of sp³-hybridized carbons (Fsp3) is 0.867. The first-order chi connectivity index (χ1) is 8.99. The van der Waals surface area contributed by atoms with Gasteiger partial charge in [-0.3, -0.25) is 9.59 Å². The number of aliphatic carboxylic acids is 1. The first-order valence-corrected chi connectivity index (χ1v) is 7.12. The smallest absolute Gasteiger partial charge is 0.308 e. The molecule has 5 heteroatoms. The molecule has 0 aromatic heterocycles. The Morgan fingerprint density at radius 1 is 1.15 bits per heavy atom. The predicted octanol–water partition coefficient (Wildman–Crippen LogP) is 2.85. The quantitative estimate of drug-likeness (QED) is 0.735. The maximum atomic E-state index is 11.5. The third-order valence-electron chi connectivity index (χ3n) is 3.23. The highest BCUT2D eigenvalue weighted by atomic mass is 16.6. The lowest BCUT2D eigenvalue weighted by molar-refractivity contribution is -0.169. The largest absolute Gasteiger partial charge is 0.481 e. The maximum absolute atomic E-state index is 11.5. The minimum absolute atomic E-state index is 0.0646. The van der Waals surface area contributed by atoms with Crippen molar-refractivity contribution in [2.45, 2.75) is 73.0 Å². The third kappa shape index (κ3) is 8.91. The second kappa shape index (κ2) is 9.75. The molecular weight excluding hydrogens is 260 g/mol. The van der Waals surface area contributed by atoms with Crippen molar-refractivity contribution in [3.05, 3.63) is 0 Å². The van der Waals surface area contributed by atoms with Gasteiger partial charge in [-0.15, -0.1) is 0 Å². The van der Waals surface area contributed by atoms with Crippen molar-refractivity contribution in [2.24, 2.45) is 11.8 Å². The molecular formula is C15H30O5. The summed E-state index contributed by atoms with van der Waals surface area (Å²) in [5, 5.41) is 17.4. The molecule has 0 aromatic rings. The van der Waals surface area contributed by atoms with Gasteiger partial charge in [-0.2, -0.15) is 0 Å². The van der Waals surface area contributed by atoms with Crippen LogP contribution in [-0.4, -0.2) is 33.9 Å². The van der Waals surface area contributed by atoms with Crippen LogP contribution in [0.2, 0.25) is 0 Å². The van der Waals surface area contributed by atoms with Crippen molar-refractivity contribution in [3.63, 3.8) is 0 Å². The van der Waals surface area contributed by atoms with Crippen LogP contribution in [-0.2, 0) is 14.3 Å². The Kier molecular flexibility index (Phi) is 10.3. The lowest BCUT2D eigenvalue weighted by atomic mass is 9.86. The summed E-state index contributed by atoms with van der Waals surface area (Å²) >= 11 is 0. The second-order valence-electron chi connectivity index (χ2n) is 5.69. The number of hydrogen-bond acceptors (Lipinski definition) is 4. The van der Waals surface area contributed by atoms with E-state index in [1.165, 1.54) is 0 Å². The summed E-state index contributed by atoms with van der Waals surface area (Å²) in [6.45, 7) is 12.7. The van der Waals surface area contributed by atoms with E-state index in [1.807, 2.05) is 27.7 Å². The van der Waals surface area contributed by atoms with E-state index in [-0.39, 0.29) is 24.2 Å². The van der Waals surface area contributed by atoms with Gasteiger partial charge in [0.05, 0.1) is 12.0 Å². The fourth-order valence-corrected chi connectivity index (χ4v) is 1.29. The van der Waals surface area contributed by atoms with Crippen LogP contribution in [0, 0.1) is 11.8 Å². The van der Waals surface area contributed by atoms with Crippen molar-refractivity contribution in [1.82, 2.24) is 0 Å². The summed E-state index contributed by atoms with van der Waals surface area (Å²) in [5.41, 5.74) is -0.614. The van der Waals surface area contributed by atoms with E-state index in [4.69, 9.17) is 9.84 Å². The van der Waals surface area contributed by atoms with Gasteiger partial charge in [-0.05, 0) is 20.3 Å². The number of carboxylic acid groups (broad SMARTS) is 1. The molecule has 0 amide bonds. The zero-order valence-electron chi connectivity index (χ0n) is 13.8. The molecule has 0 spiro atoms. The molecule has 2 N–H and O–H groups in total. The highest BCUT2D eigenvalue weighted by Gasteiger charge is 2.34. The summed E-state index contributed by atoms with van der Waals surface area (Å²) in [4.78, 5) is 20.8. The van der Waals surface area contributed by atoms with E-state index < -0.39 is 17.7 Å². The van der Waals surface area contributed by atoms with E-state index in [0.29, 0.717) is 6.42 Å². The van der Waals surface area contributed by atoms with Gasteiger partial charge in [0, 0.05) is 12.3 Å². The Morgan fingerprint density at radius 2 is 1.55 bits per heavy atom. The molecule has 0 radical (unpaired) electrons. The van der Waals surface area contributed by atoms with Gasteiger partial charge in [-0.1, -0.05) is 34.6 Å². The number of aliphatic hydroxyl groups is 1. The number of hydrogen-bond donors (Lipinski definition) is 2. The molecule has 20 heavy (non-hydrogen) atoms. The molecule has 0 aliphatic carbocycles. The number of carbonyl (C=O) groups excluding carboxylic acids is 1. The zero-order valence-corrected chi connectivity index (χ0v) is 13.8. The Labute approximate surface area is 122 Å². The molecule has 0 fully saturated rings. The Hall–Kier alpha value is -1.10. The summed E-state index contributed by atoms with van der Waals surface area (Å²) in [7, 11) is 0. The maximum Gasteiger partial charge on any atom is 0.308 e. The van der Waals surface area contributed by atoms with Crippen LogP contribution in [0.25, 0.3) is 0 Å². The SMILES string of the molecule is CCC(=O)O.CCC(O)C(C)C(C)(C)OC(=O)C(C)C. The number of ether oxygens (including phenoxy) is 1. The average Bonchev–Trinajstić information content (AvgIpc) is 2.36. The lowest BCUT2D eigenvalue weighted by Gasteiger charge is -2.34. The highest BCUT2D eigenvalue weighted by molar-refractivity contribution is 5.72. The lowest BCUT2D eigenvalue weighted by Crippen LogP contribution is -2.42. The summed E-state index contributed by atoms with van der Waals surface area (Å²) < 4.78 is 5.39. The molecule has 2 atom stereocenters. The average molecular weight is 290 g/mol. The molecule has 0 saturated carbocycles. The fourth-order valence-electron chi connectivity index (χ4n) is 1.29. The number of rotatable bonds is 6. The van der Waals surface area contributed by atoms with Crippen molar-refractivity contribution in [1.29, 1.82) is 0 Å². The van der Waals surface area contributed by atoms with Gasteiger partial charge in [0.1, 0.15) is 5.60 Å². The van der Waals surface area contributed by atoms with Gasteiger partial charge in [0.15, 0.2) is 0 Å². The minimum Gasteiger partial charge on any atom is -0.481 e. The molecule has 0 bridgehead atoms. The molecule has 0 aliphatic rings. The minimum atomic E-state index is -0.745. The van der Waals surface area contributed by atoms with Crippen LogP contribution in [0.5, 0.6) is 0 Å². The predicted molar refractivity (Wildman–Crippen MR) is 78.4 cm³/mol. The van der Waals surface area contributed by atoms with Gasteiger partial charge >= 0.3 is 11.9 Å². The van der Waals surface area contributed by atoms with Crippen LogP contribution in [0.4, 0.5) is 0 Å². The Balaban J connectivity index is 0. The molecule has 0 rings (SSSR count). The van der Waals surface area contributed by atoms with Crippen molar-refractivity contribution < 1.29 is 24.5 Å². The molecule has 5 nitrogen and oxygen atoms in total. The second-order valence-corrected chi connectivity index (χ2v) is 5.69. The van der Waals surface area contributed by atoms with Crippen LogP contribution in [0.3, 0.4) is 0 Å². The van der Waals surface area contributed by atoms with Crippen molar-refractivity contribution in [3.8, 4) is 0 Å². The summed E-state index contributed by atoms with van der Waals surface area (Å²) in [6, 6.07) is 0. The molecule has 0 aromatic carbocycles. The highest BCUT2D eigenvalue weighted by Crippen LogP contribution is 2.26. The van der Waals surface area contributed by atoms with Crippen LogP contribution in [0.1, 0.15) is 61.3 Å². The Bertz CT molecular complexity index is 297. The zero-order chi connectivity index (χ0) is 16.5. The van der Waals surface area contributed by atoms with Gasteiger partial charge < -0.3 is 14.9 Å². The van der Waals surface area contributed by atoms with E-state index in [1.54, 1.807) is 20.8 Å². The van der Waals surface area contributed by atoms with Gasteiger partial charge in [-0.25, -0.2) is 0 Å². The number of esters is 1. The number of carboxylic acids is 1. The molecule has 0 saturated heterocycles. The van der Waals surface area contributed by atoms with E-state index in [2.05, 4.69) is 0 Å². The standard InChI is InChI=1S/C12H24O3.C3H6O2/c1-7-10(13)9(4)12(5,6)15-11(14)8(2)3;1-2-3(4)5/h8-10,13H,7H2,1-6H3;2H2,1H3,(H,4,5). The monoisotopic (exact) mass is 290 g/mol. The van der Waals surface area contributed by atoms with Crippen molar-refractivity contribution >= 4 is 11.9 Å². The normalized spacial score (nSPS) is 14.1. The topological polar surface area (TPSA) is 83.8 Å². The van der Waals surface area contributed by atoms with Crippen molar-refractivity contribution in [2.75, 3.05) is 0 Å². The first-order valence-electron chi connectivity index (χ1n) is 7.12. The van der Waals surface area contributed by atoms with E-state index in [0.717, 1.165) is 0 Å². The van der Waals surface area contributed by atoms with E-state index >= 15 is 0 Å².